The second-order valence-corrected chi connectivity index (χ2v) is 8.23. The quantitative estimate of drug-likeness (QED) is 0.815. The lowest BCUT2D eigenvalue weighted by Gasteiger charge is -2.37. The van der Waals surface area contributed by atoms with E-state index in [1.807, 2.05) is 29.2 Å². The van der Waals surface area contributed by atoms with Gasteiger partial charge in [0.1, 0.15) is 18.0 Å². The minimum atomic E-state index is 0.136. The van der Waals surface area contributed by atoms with E-state index in [4.69, 9.17) is 0 Å². The van der Waals surface area contributed by atoms with Gasteiger partial charge in [-0.05, 0) is 37.3 Å². The molecule has 2 fully saturated rings. The molecule has 0 aliphatic carbocycles. The monoisotopic (exact) mass is 409 g/mol. The molecule has 1 aromatic heterocycles. The molecule has 3 heterocycles. The Labute approximate surface area is 178 Å². The van der Waals surface area contributed by atoms with Crippen molar-refractivity contribution < 1.29 is 9.90 Å². The number of nitrogens with zero attached hydrogens (tertiary/aromatic N) is 5. The van der Waals surface area contributed by atoms with Crippen LogP contribution in [-0.4, -0.2) is 71.3 Å². The van der Waals surface area contributed by atoms with Crippen LogP contribution < -0.4 is 9.80 Å². The fourth-order valence-electron chi connectivity index (χ4n) is 4.43. The predicted octanol–water partition coefficient (Wildman–Crippen LogP) is 2.03. The second-order valence-electron chi connectivity index (χ2n) is 8.23. The molecule has 30 heavy (non-hydrogen) atoms. The van der Waals surface area contributed by atoms with E-state index in [0.717, 1.165) is 61.7 Å². The van der Waals surface area contributed by atoms with Crippen molar-refractivity contribution in [2.75, 3.05) is 49.1 Å². The van der Waals surface area contributed by atoms with Crippen LogP contribution in [0.5, 0.6) is 0 Å². The molecule has 7 heteroatoms. The molecule has 1 amide bonds. The third-order valence-electron chi connectivity index (χ3n) is 6.33. The maximum Gasteiger partial charge on any atom is 0.227 e. The van der Waals surface area contributed by atoms with E-state index in [2.05, 4.69) is 32.8 Å². The Kier molecular flexibility index (Phi) is 6.47. The summed E-state index contributed by atoms with van der Waals surface area (Å²) in [5, 5.41) is 9.71. The lowest BCUT2D eigenvalue weighted by molar-refractivity contribution is -0.130. The summed E-state index contributed by atoms with van der Waals surface area (Å²) in [5.74, 6) is 1.97. The summed E-state index contributed by atoms with van der Waals surface area (Å²) in [6.07, 6.45) is 5.35. The van der Waals surface area contributed by atoms with Gasteiger partial charge in [0.15, 0.2) is 0 Å². The molecule has 2 aromatic rings. The molecule has 0 spiro atoms. The number of piperazine rings is 1. The first-order chi connectivity index (χ1) is 14.7. The van der Waals surface area contributed by atoms with Crippen molar-refractivity contribution in [3.05, 3.63) is 47.8 Å². The summed E-state index contributed by atoms with van der Waals surface area (Å²) < 4.78 is 0. The number of hydrogen-bond donors (Lipinski definition) is 1. The van der Waals surface area contributed by atoms with Crippen LogP contribution in [0.15, 0.2) is 36.7 Å². The maximum absolute atomic E-state index is 12.7. The van der Waals surface area contributed by atoms with Crippen LogP contribution in [0.4, 0.5) is 11.6 Å². The SMILES string of the molecule is Cc1ccccc1CC(=O)N1CCN(c2cc(N3CCCCC3CO)ncn2)CC1. The van der Waals surface area contributed by atoms with E-state index in [-0.39, 0.29) is 18.6 Å². The summed E-state index contributed by atoms with van der Waals surface area (Å²) in [6, 6.07) is 10.2. The summed E-state index contributed by atoms with van der Waals surface area (Å²) in [5.41, 5.74) is 2.27. The van der Waals surface area contributed by atoms with E-state index < -0.39 is 0 Å². The van der Waals surface area contributed by atoms with Crippen molar-refractivity contribution in [3.63, 3.8) is 0 Å². The van der Waals surface area contributed by atoms with Gasteiger partial charge in [-0.25, -0.2) is 9.97 Å². The van der Waals surface area contributed by atoms with Gasteiger partial charge in [0.25, 0.3) is 0 Å². The van der Waals surface area contributed by atoms with Crippen molar-refractivity contribution in [2.45, 2.75) is 38.6 Å². The molecule has 0 saturated carbocycles. The number of amides is 1. The van der Waals surface area contributed by atoms with Gasteiger partial charge in [-0.15, -0.1) is 0 Å². The highest BCUT2D eigenvalue weighted by Crippen LogP contribution is 2.25. The van der Waals surface area contributed by atoms with Crippen molar-refractivity contribution in [1.82, 2.24) is 14.9 Å². The average molecular weight is 410 g/mol. The highest BCUT2D eigenvalue weighted by Gasteiger charge is 2.25. The number of rotatable bonds is 5. The number of carbonyl (C=O) groups is 1. The molecule has 2 aliphatic rings. The van der Waals surface area contributed by atoms with Crippen LogP contribution in [0.3, 0.4) is 0 Å². The number of aromatic nitrogens is 2. The number of aliphatic hydroxyl groups is 1. The molecular weight excluding hydrogens is 378 g/mol. The molecule has 160 valence electrons. The topological polar surface area (TPSA) is 72.8 Å². The fourth-order valence-corrected chi connectivity index (χ4v) is 4.43. The zero-order chi connectivity index (χ0) is 20.9. The molecule has 1 aromatic carbocycles. The smallest absolute Gasteiger partial charge is 0.227 e. The first-order valence-corrected chi connectivity index (χ1v) is 10.9. The number of benzene rings is 1. The standard InChI is InChI=1S/C23H31N5O2/c1-18-6-2-3-7-19(18)14-23(30)27-12-10-26(11-13-27)21-15-22(25-17-24-21)28-9-5-4-8-20(28)16-29/h2-3,6-7,15,17,20,29H,4-5,8-14,16H2,1H3. The fraction of sp³-hybridized carbons (Fsp3) is 0.522. The van der Waals surface area contributed by atoms with Crippen molar-refractivity contribution in [2.24, 2.45) is 0 Å². The summed E-state index contributed by atoms with van der Waals surface area (Å²) >= 11 is 0. The van der Waals surface area contributed by atoms with Crippen molar-refractivity contribution in [3.8, 4) is 0 Å². The largest absolute Gasteiger partial charge is 0.394 e. The molecule has 0 bridgehead atoms. The number of aliphatic hydroxyl groups excluding tert-OH is 1. The van der Waals surface area contributed by atoms with Gasteiger partial charge in [-0.3, -0.25) is 4.79 Å². The van der Waals surface area contributed by atoms with Gasteiger partial charge in [0, 0.05) is 38.8 Å². The van der Waals surface area contributed by atoms with E-state index in [1.54, 1.807) is 6.33 Å². The van der Waals surface area contributed by atoms with Crippen LogP contribution in [0.25, 0.3) is 0 Å². The van der Waals surface area contributed by atoms with Crippen LogP contribution >= 0.6 is 0 Å². The molecule has 7 nitrogen and oxygen atoms in total. The van der Waals surface area contributed by atoms with Gasteiger partial charge in [-0.2, -0.15) is 0 Å². The summed E-state index contributed by atoms with van der Waals surface area (Å²) in [7, 11) is 0. The van der Waals surface area contributed by atoms with Crippen molar-refractivity contribution in [1.29, 1.82) is 0 Å². The molecule has 2 aliphatic heterocycles. The highest BCUT2D eigenvalue weighted by atomic mass is 16.3. The summed E-state index contributed by atoms with van der Waals surface area (Å²) in [4.78, 5) is 28.1. The molecular formula is C23H31N5O2. The number of carbonyl (C=O) groups excluding carboxylic acids is 1. The Morgan fingerprint density at radius 1 is 1.07 bits per heavy atom. The molecule has 2 saturated heterocycles. The number of hydrogen-bond acceptors (Lipinski definition) is 6. The molecule has 1 unspecified atom stereocenters. The Morgan fingerprint density at radius 3 is 2.60 bits per heavy atom. The van der Waals surface area contributed by atoms with Crippen LogP contribution in [0.1, 0.15) is 30.4 Å². The van der Waals surface area contributed by atoms with E-state index in [9.17, 15) is 9.90 Å². The normalized spacial score (nSPS) is 19.8. The number of anilines is 2. The first-order valence-electron chi connectivity index (χ1n) is 10.9. The minimum absolute atomic E-state index is 0.136. The maximum atomic E-state index is 12.7. The molecule has 0 radical (unpaired) electrons. The van der Waals surface area contributed by atoms with E-state index in [1.165, 1.54) is 0 Å². The van der Waals surface area contributed by atoms with Crippen LogP contribution in [0, 0.1) is 6.92 Å². The number of piperidine rings is 1. The first kappa shape index (κ1) is 20.6. The third-order valence-corrected chi connectivity index (χ3v) is 6.33. The van der Waals surface area contributed by atoms with E-state index in [0.29, 0.717) is 19.5 Å². The Hall–Kier alpha value is -2.67. The predicted molar refractivity (Wildman–Crippen MR) is 118 cm³/mol. The Balaban J connectivity index is 1.37. The molecule has 1 atom stereocenters. The zero-order valence-corrected chi connectivity index (χ0v) is 17.7. The van der Waals surface area contributed by atoms with Crippen LogP contribution in [0.2, 0.25) is 0 Å². The van der Waals surface area contributed by atoms with Gasteiger partial charge in [-0.1, -0.05) is 24.3 Å². The average Bonchev–Trinajstić information content (AvgIpc) is 2.80. The Morgan fingerprint density at radius 2 is 1.83 bits per heavy atom. The van der Waals surface area contributed by atoms with Gasteiger partial charge in [0.05, 0.1) is 19.1 Å². The van der Waals surface area contributed by atoms with Crippen molar-refractivity contribution >= 4 is 17.5 Å². The minimum Gasteiger partial charge on any atom is -0.394 e. The number of aryl methyl sites for hydroxylation is 1. The molecule has 4 rings (SSSR count). The van der Waals surface area contributed by atoms with Gasteiger partial charge < -0.3 is 19.8 Å². The third kappa shape index (κ3) is 4.56. The van der Waals surface area contributed by atoms with Gasteiger partial charge >= 0.3 is 0 Å². The molecule has 1 N–H and O–H groups in total. The summed E-state index contributed by atoms with van der Waals surface area (Å²) in [6.45, 7) is 6.06. The lowest BCUT2D eigenvalue weighted by atomic mass is 10.0. The highest BCUT2D eigenvalue weighted by molar-refractivity contribution is 5.79. The Bertz CT molecular complexity index is 866. The van der Waals surface area contributed by atoms with Crippen LogP contribution in [-0.2, 0) is 11.2 Å². The second kappa shape index (κ2) is 9.43. The lowest BCUT2D eigenvalue weighted by Crippen LogP contribution is -2.49. The van der Waals surface area contributed by atoms with Gasteiger partial charge in [0.2, 0.25) is 5.91 Å². The van der Waals surface area contributed by atoms with E-state index >= 15 is 0 Å². The zero-order valence-electron chi connectivity index (χ0n) is 17.7.